The third-order valence-corrected chi connectivity index (χ3v) is 5.05. The molecule has 3 rings (SSSR count). The molecule has 1 N–H and O–H groups in total. The summed E-state index contributed by atoms with van der Waals surface area (Å²) < 4.78 is 19.7. The molecule has 1 atom stereocenters. The minimum Gasteiger partial charge on any atom is -0.756 e. The lowest BCUT2D eigenvalue weighted by atomic mass is 9.97. The van der Waals surface area contributed by atoms with Crippen molar-refractivity contribution in [1.82, 2.24) is 5.06 Å². The molecule has 0 saturated carbocycles. The number of amides is 2. The summed E-state index contributed by atoms with van der Waals surface area (Å²) in [4.78, 5) is 26.3. The molecule has 0 aliphatic carbocycles. The predicted molar refractivity (Wildman–Crippen MR) is 96.8 cm³/mol. The Hall–Kier alpha value is -2.39. The second-order valence-electron chi connectivity index (χ2n) is 6.95. The normalized spacial score (nSPS) is 20.7. The van der Waals surface area contributed by atoms with E-state index in [1.165, 1.54) is 11.0 Å². The number of benzene rings is 1. The number of piperidine rings is 1. The average Bonchev–Trinajstić information content (AvgIpc) is 3.01. The van der Waals surface area contributed by atoms with Gasteiger partial charge in [-0.3, -0.25) is 9.69 Å². The molecule has 148 valence electrons. The van der Waals surface area contributed by atoms with E-state index in [-0.39, 0.29) is 30.7 Å². The minimum atomic E-state index is -0.751. The molecule has 0 radical (unpaired) electrons. The fourth-order valence-electron chi connectivity index (χ4n) is 3.42. The zero-order valence-electron chi connectivity index (χ0n) is 15.1. The minimum absolute atomic E-state index is 0.0749. The number of ether oxygens (including phenoxy) is 1. The van der Waals surface area contributed by atoms with Crippen LogP contribution in [0.4, 0.5) is 20.6 Å². The molecule has 8 nitrogen and oxygen atoms in total. The standard InChI is InChI=1S/C18H23FN3O5/c1-12(24)22(26)10-15-9-21(18(25)27-15)14-2-3-17(16(19)8-14)20-6-4-13(11-23)5-7-20/h2-3,8,13,15,23H,4-7,9-11H2,1H3/q-1. The topological polar surface area (TPSA) is 96.4 Å². The van der Waals surface area contributed by atoms with Gasteiger partial charge in [0.15, 0.2) is 0 Å². The first-order chi connectivity index (χ1) is 12.9. The maximum atomic E-state index is 14.6. The number of aliphatic hydroxyl groups is 1. The van der Waals surface area contributed by atoms with Crippen LogP contribution in [0.3, 0.4) is 0 Å². The van der Waals surface area contributed by atoms with Crippen LogP contribution in [0.5, 0.6) is 0 Å². The Morgan fingerprint density at radius 3 is 2.70 bits per heavy atom. The molecule has 2 aliphatic rings. The molecule has 0 aromatic heterocycles. The van der Waals surface area contributed by atoms with Gasteiger partial charge >= 0.3 is 6.09 Å². The zero-order valence-corrected chi connectivity index (χ0v) is 15.1. The number of halogens is 1. The van der Waals surface area contributed by atoms with Crippen molar-refractivity contribution in [3.63, 3.8) is 0 Å². The Kier molecular flexibility index (Phi) is 5.81. The van der Waals surface area contributed by atoms with E-state index in [4.69, 9.17) is 4.74 Å². The second-order valence-corrected chi connectivity index (χ2v) is 6.95. The summed E-state index contributed by atoms with van der Waals surface area (Å²) in [6.07, 6.45) is 0.186. The van der Waals surface area contributed by atoms with Crippen molar-refractivity contribution >= 4 is 23.4 Å². The van der Waals surface area contributed by atoms with Crippen molar-refractivity contribution in [2.45, 2.75) is 25.9 Å². The lowest BCUT2D eigenvalue weighted by molar-refractivity contribution is -0.127. The number of cyclic esters (lactones) is 1. The Labute approximate surface area is 156 Å². The fraction of sp³-hybridized carbons (Fsp3) is 0.556. The Balaban J connectivity index is 1.67. The van der Waals surface area contributed by atoms with Crippen molar-refractivity contribution in [2.75, 3.05) is 42.6 Å². The Morgan fingerprint density at radius 2 is 2.11 bits per heavy atom. The second kappa shape index (κ2) is 8.10. The van der Waals surface area contributed by atoms with E-state index in [0.717, 1.165) is 19.8 Å². The predicted octanol–water partition coefficient (Wildman–Crippen LogP) is 1.71. The van der Waals surface area contributed by atoms with E-state index in [1.54, 1.807) is 12.1 Å². The summed E-state index contributed by atoms with van der Waals surface area (Å²) in [6, 6.07) is 4.54. The monoisotopic (exact) mass is 380 g/mol. The molecule has 2 aliphatic heterocycles. The van der Waals surface area contributed by atoms with Crippen molar-refractivity contribution in [1.29, 1.82) is 0 Å². The van der Waals surface area contributed by atoms with Crippen molar-refractivity contribution in [3.8, 4) is 0 Å². The maximum absolute atomic E-state index is 14.6. The van der Waals surface area contributed by atoms with Gasteiger partial charge < -0.3 is 25.0 Å². The highest BCUT2D eigenvalue weighted by Crippen LogP contribution is 2.30. The molecule has 2 heterocycles. The van der Waals surface area contributed by atoms with Crippen LogP contribution in [0, 0.1) is 16.9 Å². The number of hydroxylamine groups is 2. The van der Waals surface area contributed by atoms with E-state index in [0.29, 0.717) is 24.5 Å². The molecule has 1 unspecified atom stereocenters. The molecule has 9 heteroatoms. The Bertz CT molecular complexity index is 708. The molecule has 0 bridgehead atoms. The molecule has 27 heavy (non-hydrogen) atoms. The number of carbonyl (C=O) groups is 2. The molecule has 2 amide bonds. The van der Waals surface area contributed by atoms with E-state index in [9.17, 15) is 24.3 Å². The van der Waals surface area contributed by atoms with Crippen LogP contribution in [0.25, 0.3) is 0 Å². The molecule has 1 aromatic carbocycles. The number of carbonyl (C=O) groups excluding carboxylic acids is 2. The smallest absolute Gasteiger partial charge is 0.414 e. The summed E-state index contributed by atoms with van der Waals surface area (Å²) in [6.45, 7) is 2.44. The van der Waals surface area contributed by atoms with Gasteiger partial charge in [0, 0.05) is 33.2 Å². The Morgan fingerprint density at radius 1 is 1.41 bits per heavy atom. The number of hydrogen-bond acceptors (Lipinski definition) is 6. The van der Waals surface area contributed by atoms with Gasteiger partial charge in [-0.05, 0) is 37.0 Å². The van der Waals surface area contributed by atoms with Crippen molar-refractivity contribution in [2.24, 2.45) is 5.92 Å². The highest BCUT2D eigenvalue weighted by Gasteiger charge is 2.33. The molecule has 2 saturated heterocycles. The average molecular weight is 380 g/mol. The van der Waals surface area contributed by atoms with Gasteiger partial charge in [0.05, 0.1) is 17.9 Å². The summed E-state index contributed by atoms with van der Waals surface area (Å²) in [5.74, 6) is -0.847. The first-order valence-electron chi connectivity index (χ1n) is 8.97. The summed E-state index contributed by atoms with van der Waals surface area (Å²) in [5.41, 5.74) is 0.802. The van der Waals surface area contributed by atoms with Crippen LogP contribution < -0.4 is 9.80 Å². The zero-order chi connectivity index (χ0) is 19.6. The molecular formula is C18H23FN3O5-. The number of rotatable bonds is 5. The van der Waals surface area contributed by atoms with Crippen LogP contribution in [0.1, 0.15) is 19.8 Å². The summed E-state index contributed by atoms with van der Waals surface area (Å²) >= 11 is 0. The van der Waals surface area contributed by atoms with Gasteiger partial charge in [-0.1, -0.05) is 0 Å². The van der Waals surface area contributed by atoms with Crippen LogP contribution in [-0.2, 0) is 9.53 Å². The quantitative estimate of drug-likeness (QED) is 0.781. The van der Waals surface area contributed by atoms with E-state index >= 15 is 0 Å². The van der Waals surface area contributed by atoms with Gasteiger partial charge in [-0.2, -0.15) is 0 Å². The van der Waals surface area contributed by atoms with Gasteiger partial charge in [-0.15, -0.1) is 0 Å². The lowest BCUT2D eigenvalue weighted by Gasteiger charge is -2.33. The van der Waals surface area contributed by atoms with Crippen LogP contribution >= 0.6 is 0 Å². The molecule has 2 fully saturated rings. The van der Waals surface area contributed by atoms with Crippen LogP contribution in [0.15, 0.2) is 18.2 Å². The third-order valence-electron chi connectivity index (χ3n) is 5.05. The van der Waals surface area contributed by atoms with Crippen molar-refractivity contribution < 1.29 is 23.8 Å². The number of aliphatic hydroxyl groups excluding tert-OH is 1. The number of nitrogens with zero attached hydrogens (tertiary/aromatic N) is 3. The summed E-state index contributed by atoms with van der Waals surface area (Å²) in [7, 11) is 0. The van der Waals surface area contributed by atoms with Crippen LogP contribution in [0.2, 0.25) is 0 Å². The molecule has 1 aromatic rings. The highest BCUT2D eigenvalue weighted by molar-refractivity contribution is 5.90. The summed E-state index contributed by atoms with van der Waals surface area (Å²) in [5, 5.41) is 20.9. The van der Waals surface area contributed by atoms with E-state index in [2.05, 4.69) is 0 Å². The third kappa shape index (κ3) is 4.30. The number of anilines is 2. The molecule has 0 spiro atoms. The van der Waals surface area contributed by atoms with Crippen molar-refractivity contribution in [3.05, 3.63) is 29.2 Å². The molecular weight excluding hydrogens is 357 g/mol. The number of hydrogen-bond donors (Lipinski definition) is 1. The van der Waals surface area contributed by atoms with Gasteiger partial charge in [0.25, 0.3) is 0 Å². The largest absolute Gasteiger partial charge is 0.756 e. The van der Waals surface area contributed by atoms with Gasteiger partial charge in [0.2, 0.25) is 5.91 Å². The van der Waals surface area contributed by atoms with Gasteiger partial charge in [-0.25, -0.2) is 9.18 Å². The van der Waals surface area contributed by atoms with Crippen LogP contribution in [-0.4, -0.2) is 61.1 Å². The van der Waals surface area contributed by atoms with E-state index in [1.807, 2.05) is 4.90 Å². The van der Waals surface area contributed by atoms with Gasteiger partial charge in [0.1, 0.15) is 11.9 Å². The first-order valence-corrected chi connectivity index (χ1v) is 8.97. The lowest BCUT2D eigenvalue weighted by Crippen LogP contribution is -2.35. The SMILES string of the molecule is CC(=O)N([O-])CC1CN(c2ccc(N3CCC(CO)CC3)c(F)c2)C(=O)O1. The fourth-order valence-corrected chi connectivity index (χ4v) is 3.42. The van der Waals surface area contributed by atoms with E-state index < -0.39 is 23.9 Å². The highest BCUT2D eigenvalue weighted by atomic mass is 19.1. The first kappa shape index (κ1) is 19.4. The maximum Gasteiger partial charge on any atom is 0.414 e.